The van der Waals surface area contributed by atoms with Crippen molar-refractivity contribution in [2.75, 3.05) is 45.7 Å². The molecule has 14 heteroatoms. The summed E-state index contributed by atoms with van der Waals surface area (Å²) in [6.07, 6.45) is 0.889. The second-order valence-corrected chi connectivity index (χ2v) is 10.5. The van der Waals surface area contributed by atoms with E-state index in [0.717, 1.165) is 29.5 Å². The van der Waals surface area contributed by atoms with Crippen molar-refractivity contribution in [3.63, 3.8) is 0 Å². The van der Waals surface area contributed by atoms with Gasteiger partial charge in [-0.1, -0.05) is 0 Å². The first-order chi connectivity index (χ1) is 18.5. The molecule has 11 nitrogen and oxygen atoms in total. The van der Waals surface area contributed by atoms with Crippen molar-refractivity contribution in [1.29, 1.82) is 0 Å². The summed E-state index contributed by atoms with van der Waals surface area (Å²) in [5, 5.41) is 5.99. The molecule has 39 heavy (non-hydrogen) atoms. The molecule has 2 fully saturated rings. The SMILES string of the molecule is COC1CC(n2[nH]c3ncc(N4CCC(N(C)C(=O)NC5=CC(C(F)(F)F)CN(C)C5=O)CC4)cc3c2=O)C1. The molecule has 5 rings (SSSR count). The number of anilines is 1. The van der Waals surface area contributed by atoms with Crippen molar-refractivity contribution >= 4 is 28.7 Å². The molecule has 0 aromatic carbocycles. The molecule has 2 aromatic heterocycles. The molecule has 2 N–H and O–H groups in total. The molecule has 0 bridgehead atoms. The number of methoxy groups -OCH3 is 1. The lowest BCUT2D eigenvalue weighted by molar-refractivity contribution is -0.169. The molecule has 1 unspecified atom stereocenters. The van der Waals surface area contributed by atoms with Crippen molar-refractivity contribution in [2.24, 2.45) is 5.92 Å². The third-order valence-electron chi connectivity index (χ3n) is 8.09. The van der Waals surface area contributed by atoms with Crippen LogP contribution in [0.2, 0.25) is 0 Å². The van der Waals surface area contributed by atoms with Crippen molar-refractivity contribution < 1.29 is 27.5 Å². The molecule has 0 spiro atoms. The van der Waals surface area contributed by atoms with Crippen molar-refractivity contribution in [2.45, 2.75) is 50.0 Å². The van der Waals surface area contributed by atoms with Crippen LogP contribution in [0.4, 0.5) is 23.7 Å². The van der Waals surface area contributed by atoms with Crippen LogP contribution in [0.3, 0.4) is 0 Å². The molecule has 3 aliphatic rings. The van der Waals surface area contributed by atoms with E-state index in [9.17, 15) is 27.6 Å². The Hall–Kier alpha value is -3.55. The van der Waals surface area contributed by atoms with Gasteiger partial charge in [0.2, 0.25) is 0 Å². The zero-order valence-corrected chi connectivity index (χ0v) is 22.0. The second-order valence-electron chi connectivity index (χ2n) is 10.5. The zero-order chi connectivity index (χ0) is 28.1. The lowest BCUT2D eigenvalue weighted by Gasteiger charge is -2.38. The average molecular weight is 552 g/mol. The Morgan fingerprint density at radius 2 is 1.92 bits per heavy atom. The summed E-state index contributed by atoms with van der Waals surface area (Å²) >= 11 is 0. The molecule has 0 radical (unpaired) electrons. The van der Waals surface area contributed by atoms with Gasteiger partial charge in [0, 0.05) is 46.9 Å². The Morgan fingerprint density at radius 3 is 2.56 bits per heavy atom. The first-order valence-corrected chi connectivity index (χ1v) is 12.9. The number of nitrogens with one attached hydrogen (secondary N) is 2. The molecule has 2 aliphatic heterocycles. The van der Waals surface area contributed by atoms with Gasteiger partial charge >= 0.3 is 12.2 Å². The van der Waals surface area contributed by atoms with Crippen LogP contribution in [0, 0.1) is 5.92 Å². The van der Waals surface area contributed by atoms with Crippen LogP contribution in [0.15, 0.2) is 28.8 Å². The topological polar surface area (TPSA) is 116 Å². The predicted octanol–water partition coefficient (Wildman–Crippen LogP) is 2.22. The minimum atomic E-state index is -4.51. The normalized spacial score (nSPS) is 24.5. The number of piperidine rings is 1. The number of nitrogens with zero attached hydrogens (tertiary/aromatic N) is 5. The maximum absolute atomic E-state index is 13.2. The van der Waals surface area contributed by atoms with Crippen LogP contribution in [-0.2, 0) is 9.53 Å². The van der Waals surface area contributed by atoms with Gasteiger partial charge in [0.15, 0.2) is 5.65 Å². The molecule has 212 valence electrons. The lowest BCUT2D eigenvalue weighted by atomic mass is 9.89. The molecular formula is C25H32F3N7O4. The van der Waals surface area contributed by atoms with Crippen LogP contribution < -0.4 is 15.8 Å². The average Bonchev–Trinajstić information content (AvgIpc) is 3.20. The molecule has 4 heterocycles. The Kier molecular flexibility index (Phi) is 7.08. The quantitative estimate of drug-likeness (QED) is 0.589. The van der Waals surface area contributed by atoms with Crippen molar-refractivity contribution in [3.8, 4) is 0 Å². The van der Waals surface area contributed by atoms with Gasteiger partial charge in [-0.2, -0.15) is 13.2 Å². The molecule has 1 saturated carbocycles. The highest BCUT2D eigenvalue weighted by Crippen LogP contribution is 2.34. The van der Waals surface area contributed by atoms with Crippen LogP contribution >= 0.6 is 0 Å². The summed E-state index contributed by atoms with van der Waals surface area (Å²) in [7, 11) is 4.51. The second kappa shape index (κ2) is 10.2. The summed E-state index contributed by atoms with van der Waals surface area (Å²) in [4.78, 5) is 47.1. The van der Waals surface area contributed by atoms with Crippen LogP contribution in [0.1, 0.15) is 31.7 Å². The summed E-state index contributed by atoms with van der Waals surface area (Å²) in [5.41, 5.74) is 0.853. The predicted molar refractivity (Wildman–Crippen MR) is 136 cm³/mol. The number of rotatable bonds is 5. The Labute approximate surface area is 222 Å². The number of pyridine rings is 1. The number of carbonyl (C=O) groups is 2. The summed E-state index contributed by atoms with van der Waals surface area (Å²) in [5.74, 6) is -2.50. The van der Waals surface area contributed by atoms with Gasteiger partial charge < -0.3 is 24.8 Å². The van der Waals surface area contributed by atoms with Gasteiger partial charge in [-0.3, -0.25) is 14.7 Å². The number of halogens is 3. The van der Waals surface area contributed by atoms with Gasteiger partial charge in [-0.15, -0.1) is 0 Å². The van der Waals surface area contributed by atoms with Crippen LogP contribution in [-0.4, -0.2) is 95.7 Å². The Balaban J connectivity index is 1.21. The maximum Gasteiger partial charge on any atom is 0.396 e. The minimum absolute atomic E-state index is 0.0666. The smallest absolute Gasteiger partial charge is 0.381 e. The van der Waals surface area contributed by atoms with E-state index in [1.807, 2.05) is 6.07 Å². The number of alkyl halides is 3. The monoisotopic (exact) mass is 551 g/mol. The van der Waals surface area contributed by atoms with Gasteiger partial charge in [-0.05, 0) is 37.8 Å². The number of fused-ring (bicyclic) bond motifs is 1. The summed E-state index contributed by atoms with van der Waals surface area (Å²) < 4.78 is 46.6. The number of H-pyrrole nitrogens is 1. The van der Waals surface area contributed by atoms with E-state index in [1.54, 1.807) is 25.0 Å². The van der Waals surface area contributed by atoms with Crippen molar-refractivity contribution in [3.05, 3.63) is 34.4 Å². The Bertz CT molecular complexity index is 1340. The molecule has 3 amide bonds. The first-order valence-electron chi connectivity index (χ1n) is 12.9. The summed E-state index contributed by atoms with van der Waals surface area (Å²) in [6.45, 7) is 0.696. The number of aromatic nitrogens is 3. The molecule has 2 aromatic rings. The highest BCUT2D eigenvalue weighted by molar-refractivity contribution is 5.97. The van der Waals surface area contributed by atoms with Crippen LogP contribution in [0.5, 0.6) is 0 Å². The standard InChI is InChI=1S/C25H32F3N7O4/c1-32-13-14(25(26,27)28)8-20(23(32)37)30-24(38)33(2)15-4-6-34(7-5-15)17-11-19-21(29-12-17)31-35(22(19)36)16-9-18(10-16)39-3/h8,11-12,14-16,18H,4-7,9-10,13H2,1-3H3,(H,29,31)(H,30,38). The molecule has 1 atom stereocenters. The van der Waals surface area contributed by atoms with E-state index >= 15 is 0 Å². The number of likely N-dealkylation sites (N-methyl/N-ethyl adjacent to an activating group) is 1. The minimum Gasteiger partial charge on any atom is -0.381 e. The molecule has 1 saturated heterocycles. The van der Waals surface area contributed by atoms with Gasteiger partial charge in [-0.25, -0.2) is 14.5 Å². The molecule has 1 aliphatic carbocycles. The number of hydrogen-bond donors (Lipinski definition) is 2. The van der Waals surface area contributed by atoms with Gasteiger partial charge in [0.05, 0.1) is 35.3 Å². The lowest BCUT2D eigenvalue weighted by Crippen LogP contribution is -2.51. The van der Waals surface area contributed by atoms with Gasteiger partial charge in [0.1, 0.15) is 5.70 Å². The fourth-order valence-corrected chi connectivity index (χ4v) is 5.45. The van der Waals surface area contributed by atoms with E-state index in [1.165, 1.54) is 11.9 Å². The number of aromatic amines is 1. The zero-order valence-electron chi connectivity index (χ0n) is 22.0. The van der Waals surface area contributed by atoms with E-state index in [0.29, 0.717) is 37.0 Å². The van der Waals surface area contributed by atoms with E-state index in [4.69, 9.17) is 4.74 Å². The number of hydrogen-bond acceptors (Lipinski definition) is 6. The number of urea groups is 1. The maximum atomic E-state index is 13.2. The van der Waals surface area contributed by atoms with Crippen molar-refractivity contribution in [1.82, 2.24) is 29.9 Å². The van der Waals surface area contributed by atoms with Gasteiger partial charge in [0.25, 0.3) is 11.5 Å². The van der Waals surface area contributed by atoms with E-state index < -0.39 is 30.6 Å². The van der Waals surface area contributed by atoms with E-state index in [-0.39, 0.29) is 29.4 Å². The Morgan fingerprint density at radius 1 is 1.23 bits per heavy atom. The largest absolute Gasteiger partial charge is 0.396 e. The third kappa shape index (κ3) is 5.21. The summed E-state index contributed by atoms with van der Waals surface area (Å²) in [6, 6.07) is 1.09. The number of ether oxygens (including phenoxy) is 1. The fraction of sp³-hybridized carbons (Fsp3) is 0.600. The number of carbonyl (C=O) groups excluding carboxylic acids is 2. The first kappa shape index (κ1) is 27.0. The molecular weight excluding hydrogens is 519 g/mol. The number of amides is 3. The van der Waals surface area contributed by atoms with Crippen LogP contribution in [0.25, 0.3) is 11.0 Å². The van der Waals surface area contributed by atoms with E-state index in [2.05, 4.69) is 20.3 Å². The third-order valence-corrected chi connectivity index (χ3v) is 8.09. The highest BCUT2D eigenvalue weighted by atomic mass is 19.4. The fourth-order valence-electron chi connectivity index (χ4n) is 5.45. The highest BCUT2D eigenvalue weighted by Gasteiger charge is 2.43.